The number of nitrogens with one attached hydrogen (secondary N) is 1. The van der Waals surface area contributed by atoms with Crippen LogP contribution in [0.15, 0.2) is 30.4 Å². The van der Waals surface area contributed by atoms with Crippen molar-refractivity contribution in [3.8, 4) is 0 Å². The van der Waals surface area contributed by atoms with Crippen LogP contribution < -0.4 is 5.32 Å². The molecule has 1 aliphatic heterocycles. The Morgan fingerprint density at radius 1 is 1.25 bits per heavy atom. The lowest BCUT2D eigenvalue weighted by Crippen LogP contribution is -2.45. The minimum atomic E-state index is -4.68. The van der Waals surface area contributed by atoms with Gasteiger partial charge in [-0.05, 0) is 31.0 Å². The SMILES string of the molecule is C=C(C)C[C@H](c1ccc(F)c(C(F)(F)F)c1)N1CCNCC1.Cl.Cl. The molecular formula is C16H22Cl2F4N2. The highest BCUT2D eigenvalue weighted by Gasteiger charge is 2.35. The van der Waals surface area contributed by atoms with Crippen LogP contribution in [-0.4, -0.2) is 31.1 Å². The van der Waals surface area contributed by atoms with Gasteiger partial charge in [-0.15, -0.1) is 31.4 Å². The Kier molecular flexibility index (Phi) is 9.28. The molecule has 0 amide bonds. The molecule has 1 aliphatic rings. The summed E-state index contributed by atoms with van der Waals surface area (Å²) in [5.74, 6) is -1.23. The molecule has 2 rings (SSSR count). The molecule has 138 valence electrons. The summed E-state index contributed by atoms with van der Waals surface area (Å²) in [5.41, 5.74) is 0.173. The molecule has 0 aromatic heterocycles. The molecule has 2 nitrogen and oxygen atoms in total. The highest BCUT2D eigenvalue weighted by Crippen LogP contribution is 2.35. The van der Waals surface area contributed by atoms with E-state index in [0.29, 0.717) is 12.0 Å². The zero-order chi connectivity index (χ0) is 16.3. The summed E-state index contributed by atoms with van der Waals surface area (Å²) in [6.07, 6.45) is -4.12. The third-order valence-corrected chi connectivity index (χ3v) is 3.81. The lowest BCUT2D eigenvalue weighted by molar-refractivity contribution is -0.140. The average Bonchev–Trinajstić information content (AvgIpc) is 2.45. The smallest absolute Gasteiger partial charge is 0.314 e. The number of rotatable bonds is 4. The Bertz CT molecular complexity index is 543. The first kappa shape index (κ1) is 23.2. The average molecular weight is 389 g/mol. The Morgan fingerprint density at radius 3 is 2.33 bits per heavy atom. The zero-order valence-corrected chi connectivity index (χ0v) is 15.0. The van der Waals surface area contributed by atoms with Crippen LogP contribution in [0, 0.1) is 5.82 Å². The summed E-state index contributed by atoms with van der Waals surface area (Å²) >= 11 is 0. The minimum Gasteiger partial charge on any atom is -0.314 e. The fourth-order valence-electron chi connectivity index (χ4n) is 2.75. The van der Waals surface area contributed by atoms with Crippen LogP contribution in [0.25, 0.3) is 0 Å². The number of hydrogen-bond acceptors (Lipinski definition) is 2. The van der Waals surface area contributed by atoms with Gasteiger partial charge in [0.25, 0.3) is 0 Å². The van der Waals surface area contributed by atoms with Crippen molar-refractivity contribution in [2.75, 3.05) is 26.2 Å². The van der Waals surface area contributed by atoms with Crippen LogP contribution in [0.1, 0.15) is 30.5 Å². The molecule has 1 fully saturated rings. The molecule has 1 atom stereocenters. The molecule has 0 radical (unpaired) electrons. The lowest BCUT2D eigenvalue weighted by atomic mass is 9.96. The molecule has 1 saturated heterocycles. The molecular weight excluding hydrogens is 367 g/mol. The van der Waals surface area contributed by atoms with Crippen molar-refractivity contribution in [3.05, 3.63) is 47.3 Å². The monoisotopic (exact) mass is 388 g/mol. The normalized spacial score (nSPS) is 16.7. The van der Waals surface area contributed by atoms with Crippen LogP contribution in [0.5, 0.6) is 0 Å². The number of halogens is 6. The Hall–Kier alpha value is -0.820. The van der Waals surface area contributed by atoms with Crippen molar-refractivity contribution in [1.29, 1.82) is 0 Å². The highest BCUT2D eigenvalue weighted by atomic mass is 35.5. The van der Waals surface area contributed by atoms with Crippen molar-refractivity contribution >= 4 is 24.8 Å². The summed E-state index contributed by atoms with van der Waals surface area (Å²) in [6, 6.07) is 3.08. The van der Waals surface area contributed by atoms with Crippen LogP contribution in [0.4, 0.5) is 17.6 Å². The number of benzene rings is 1. The third kappa shape index (κ3) is 5.92. The van der Waals surface area contributed by atoms with E-state index in [1.807, 2.05) is 6.92 Å². The first-order chi connectivity index (χ1) is 10.3. The van der Waals surface area contributed by atoms with E-state index in [4.69, 9.17) is 0 Å². The van der Waals surface area contributed by atoms with Crippen LogP contribution in [-0.2, 0) is 6.18 Å². The summed E-state index contributed by atoms with van der Waals surface area (Å²) in [6.45, 7) is 8.79. The second kappa shape index (κ2) is 9.61. The van der Waals surface area contributed by atoms with Gasteiger partial charge < -0.3 is 5.32 Å². The molecule has 1 N–H and O–H groups in total. The summed E-state index contributed by atoms with van der Waals surface area (Å²) < 4.78 is 52.2. The van der Waals surface area contributed by atoms with E-state index in [1.54, 1.807) is 0 Å². The van der Waals surface area contributed by atoms with Gasteiger partial charge in [0.05, 0.1) is 5.56 Å². The van der Waals surface area contributed by atoms with E-state index in [0.717, 1.165) is 43.9 Å². The number of alkyl halides is 3. The van der Waals surface area contributed by atoms with Gasteiger partial charge in [0, 0.05) is 32.2 Å². The molecule has 1 heterocycles. The fourth-order valence-corrected chi connectivity index (χ4v) is 2.75. The second-order valence-corrected chi connectivity index (χ2v) is 5.70. The Labute approximate surface area is 152 Å². The van der Waals surface area contributed by atoms with Crippen LogP contribution >= 0.6 is 24.8 Å². The lowest BCUT2D eigenvalue weighted by Gasteiger charge is -2.35. The number of nitrogens with zero attached hydrogens (tertiary/aromatic N) is 1. The maximum Gasteiger partial charge on any atom is 0.419 e. The standard InChI is InChI=1S/C16H20F4N2.2ClH/c1-11(2)9-15(22-7-5-21-6-8-22)12-3-4-14(17)13(10-12)16(18,19)20;;/h3-4,10,15,21H,1,5-9H2,2H3;2*1H/t15-;;/m1../s1. The molecule has 0 bridgehead atoms. The molecule has 1 aromatic rings. The van der Waals surface area contributed by atoms with Crippen molar-refractivity contribution < 1.29 is 17.6 Å². The van der Waals surface area contributed by atoms with Gasteiger partial charge in [0.2, 0.25) is 0 Å². The van der Waals surface area contributed by atoms with E-state index in [2.05, 4.69) is 16.8 Å². The van der Waals surface area contributed by atoms with Crippen molar-refractivity contribution in [2.45, 2.75) is 25.6 Å². The van der Waals surface area contributed by atoms with Crippen molar-refractivity contribution in [2.24, 2.45) is 0 Å². The molecule has 0 unspecified atom stereocenters. The van der Waals surface area contributed by atoms with Gasteiger partial charge in [-0.1, -0.05) is 11.6 Å². The minimum absolute atomic E-state index is 0. The molecule has 0 aliphatic carbocycles. The van der Waals surface area contributed by atoms with Gasteiger partial charge in [-0.2, -0.15) is 13.2 Å². The molecule has 0 spiro atoms. The van der Waals surface area contributed by atoms with E-state index >= 15 is 0 Å². The van der Waals surface area contributed by atoms with Gasteiger partial charge >= 0.3 is 6.18 Å². The first-order valence-electron chi connectivity index (χ1n) is 7.25. The van der Waals surface area contributed by atoms with Gasteiger partial charge in [0.15, 0.2) is 0 Å². The maximum absolute atomic E-state index is 13.5. The van der Waals surface area contributed by atoms with Crippen molar-refractivity contribution in [1.82, 2.24) is 10.2 Å². The number of hydrogen-bond donors (Lipinski definition) is 1. The topological polar surface area (TPSA) is 15.3 Å². The quantitative estimate of drug-likeness (QED) is 0.598. The van der Waals surface area contributed by atoms with Gasteiger partial charge in [0.1, 0.15) is 5.82 Å². The Morgan fingerprint density at radius 2 is 1.83 bits per heavy atom. The van der Waals surface area contributed by atoms with Crippen molar-refractivity contribution in [3.63, 3.8) is 0 Å². The number of piperazine rings is 1. The molecule has 8 heteroatoms. The van der Waals surface area contributed by atoms with Gasteiger partial charge in [-0.25, -0.2) is 4.39 Å². The fraction of sp³-hybridized carbons (Fsp3) is 0.500. The second-order valence-electron chi connectivity index (χ2n) is 5.70. The summed E-state index contributed by atoms with van der Waals surface area (Å²) in [5, 5.41) is 3.22. The van der Waals surface area contributed by atoms with E-state index in [-0.39, 0.29) is 30.9 Å². The van der Waals surface area contributed by atoms with Gasteiger partial charge in [-0.3, -0.25) is 4.90 Å². The van der Waals surface area contributed by atoms with Crippen LogP contribution in [0.3, 0.4) is 0 Å². The summed E-state index contributed by atoms with van der Waals surface area (Å²) in [7, 11) is 0. The predicted molar refractivity (Wildman–Crippen MR) is 92.5 cm³/mol. The highest BCUT2D eigenvalue weighted by molar-refractivity contribution is 5.85. The predicted octanol–water partition coefficient (Wildman–Crippen LogP) is 4.60. The van der Waals surface area contributed by atoms with Crippen LogP contribution in [0.2, 0.25) is 0 Å². The first-order valence-corrected chi connectivity index (χ1v) is 7.25. The van der Waals surface area contributed by atoms with E-state index in [1.165, 1.54) is 6.07 Å². The summed E-state index contributed by atoms with van der Waals surface area (Å²) in [4.78, 5) is 2.12. The van der Waals surface area contributed by atoms with E-state index in [9.17, 15) is 17.6 Å². The molecule has 24 heavy (non-hydrogen) atoms. The maximum atomic E-state index is 13.5. The largest absolute Gasteiger partial charge is 0.419 e. The molecule has 1 aromatic carbocycles. The Balaban J connectivity index is 0.00000264. The van der Waals surface area contributed by atoms with E-state index < -0.39 is 17.6 Å². The third-order valence-electron chi connectivity index (χ3n) is 3.81. The zero-order valence-electron chi connectivity index (χ0n) is 13.3. The molecule has 0 saturated carbocycles.